The van der Waals surface area contributed by atoms with Crippen molar-refractivity contribution in [1.29, 1.82) is 0 Å². The van der Waals surface area contributed by atoms with E-state index in [4.69, 9.17) is 0 Å². The maximum atomic E-state index is 12.6. The van der Waals surface area contributed by atoms with Crippen LogP contribution in [0, 0.1) is 0 Å². The molecule has 0 N–H and O–H groups in total. The van der Waals surface area contributed by atoms with Gasteiger partial charge in [-0.3, -0.25) is 14.3 Å². The van der Waals surface area contributed by atoms with E-state index in [0.717, 1.165) is 51.7 Å². The summed E-state index contributed by atoms with van der Waals surface area (Å²) in [5, 5.41) is 4.23. The van der Waals surface area contributed by atoms with Gasteiger partial charge in [-0.1, -0.05) is 6.42 Å². The van der Waals surface area contributed by atoms with Gasteiger partial charge in [-0.2, -0.15) is 5.10 Å². The number of aromatic nitrogens is 2. The van der Waals surface area contributed by atoms with E-state index in [2.05, 4.69) is 5.10 Å². The van der Waals surface area contributed by atoms with Gasteiger partial charge < -0.3 is 9.80 Å². The molecule has 1 aromatic heterocycles. The van der Waals surface area contributed by atoms with Crippen LogP contribution in [0.5, 0.6) is 0 Å². The van der Waals surface area contributed by atoms with Crippen molar-refractivity contribution in [2.75, 3.05) is 19.6 Å². The first kappa shape index (κ1) is 15.1. The van der Waals surface area contributed by atoms with Crippen molar-refractivity contribution in [3.05, 3.63) is 18.5 Å². The zero-order valence-corrected chi connectivity index (χ0v) is 13.0. The van der Waals surface area contributed by atoms with Crippen LogP contribution in [0.15, 0.2) is 18.5 Å². The minimum absolute atomic E-state index is 0.0879. The third-order valence-corrected chi connectivity index (χ3v) is 4.65. The first-order valence-corrected chi connectivity index (χ1v) is 8.29. The molecule has 1 aromatic rings. The fourth-order valence-corrected chi connectivity index (χ4v) is 3.44. The maximum absolute atomic E-state index is 12.6. The van der Waals surface area contributed by atoms with Gasteiger partial charge in [0.25, 0.3) is 0 Å². The van der Waals surface area contributed by atoms with Crippen molar-refractivity contribution in [2.24, 2.45) is 0 Å². The first-order valence-electron chi connectivity index (χ1n) is 8.29. The van der Waals surface area contributed by atoms with Gasteiger partial charge in [-0.05, 0) is 31.7 Å². The number of hydrogen-bond acceptors (Lipinski definition) is 3. The van der Waals surface area contributed by atoms with Crippen molar-refractivity contribution in [1.82, 2.24) is 19.6 Å². The predicted octanol–water partition coefficient (Wildman–Crippen LogP) is 1.28. The van der Waals surface area contributed by atoms with Crippen LogP contribution < -0.4 is 0 Å². The molecular formula is C16H24N4O2. The van der Waals surface area contributed by atoms with Gasteiger partial charge >= 0.3 is 0 Å². The molecule has 6 nitrogen and oxygen atoms in total. The average Bonchev–Trinajstić information content (AvgIpc) is 3.13. The van der Waals surface area contributed by atoms with Crippen molar-refractivity contribution >= 4 is 11.8 Å². The van der Waals surface area contributed by atoms with E-state index >= 15 is 0 Å². The Labute approximate surface area is 131 Å². The lowest BCUT2D eigenvalue weighted by molar-refractivity contribution is -0.140. The molecule has 120 valence electrons. The molecule has 0 saturated carbocycles. The molecule has 0 bridgehead atoms. The number of carbonyl (C=O) groups is 2. The van der Waals surface area contributed by atoms with Gasteiger partial charge in [0.15, 0.2) is 0 Å². The summed E-state index contributed by atoms with van der Waals surface area (Å²) in [4.78, 5) is 28.3. The molecule has 1 atom stereocenters. The van der Waals surface area contributed by atoms with Crippen LogP contribution in [-0.2, 0) is 16.1 Å². The van der Waals surface area contributed by atoms with E-state index in [1.807, 2.05) is 21.8 Å². The Kier molecular flexibility index (Phi) is 4.75. The quantitative estimate of drug-likeness (QED) is 0.842. The smallest absolute Gasteiger partial charge is 0.242 e. The van der Waals surface area contributed by atoms with Crippen LogP contribution in [0.3, 0.4) is 0 Å². The highest BCUT2D eigenvalue weighted by Gasteiger charge is 2.31. The highest BCUT2D eigenvalue weighted by Crippen LogP contribution is 2.20. The van der Waals surface area contributed by atoms with E-state index in [0.29, 0.717) is 6.42 Å². The highest BCUT2D eigenvalue weighted by molar-refractivity contribution is 5.85. The summed E-state index contributed by atoms with van der Waals surface area (Å²) in [5.74, 6) is 0.221. The topological polar surface area (TPSA) is 58.4 Å². The van der Waals surface area contributed by atoms with Crippen molar-refractivity contribution in [3.8, 4) is 0 Å². The molecule has 2 fully saturated rings. The summed E-state index contributed by atoms with van der Waals surface area (Å²) in [6.07, 6.45) is 9.37. The Morgan fingerprint density at radius 3 is 2.95 bits per heavy atom. The number of carbonyl (C=O) groups excluding carboxylic acids is 2. The molecular weight excluding hydrogens is 280 g/mol. The lowest BCUT2D eigenvalue weighted by Crippen LogP contribution is -2.45. The standard InChI is InChI=1S/C16H24N4O2/c21-15-7-2-1-3-9-18(15)13-16(22)20-11-4-6-14(20)12-19-10-5-8-17-19/h5,8,10,14H,1-4,6-7,9,11-13H2. The molecule has 6 heteroatoms. The molecule has 2 aliphatic rings. The monoisotopic (exact) mass is 304 g/mol. The third kappa shape index (κ3) is 3.48. The lowest BCUT2D eigenvalue weighted by atomic mass is 10.2. The Bertz CT molecular complexity index is 514. The minimum atomic E-state index is 0.0879. The van der Waals surface area contributed by atoms with E-state index in [1.54, 1.807) is 11.1 Å². The average molecular weight is 304 g/mol. The summed E-state index contributed by atoms with van der Waals surface area (Å²) in [6, 6.07) is 2.10. The normalized spacial score (nSPS) is 22.9. The summed E-state index contributed by atoms with van der Waals surface area (Å²) in [6.45, 7) is 2.51. The number of rotatable bonds is 4. The summed E-state index contributed by atoms with van der Waals surface area (Å²) < 4.78 is 1.88. The number of amides is 2. The summed E-state index contributed by atoms with van der Waals surface area (Å²) in [7, 11) is 0. The van der Waals surface area contributed by atoms with Crippen LogP contribution >= 0.6 is 0 Å². The molecule has 22 heavy (non-hydrogen) atoms. The Hall–Kier alpha value is -1.85. The third-order valence-electron chi connectivity index (χ3n) is 4.65. The van der Waals surface area contributed by atoms with E-state index in [9.17, 15) is 9.59 Å². The maximum Gasteiger partial charge on any atom is 0.242 e. The second-order valence-corrected chi connectivity index (χ2v) is 6.24. The van der Waals surface area contributed by atoms with Gasteiger partial charge in [-0.15, -0.1) is 0 Å². The largest absolute Gasteiger partial charge is 0.336 e. The molecule has 1 unspecified atom stereocenters. The second-order valence-electron chi connectivity index (χ2n) is 6.24. The molecule has 0 spiro atoms. The van der Waals surface area contributed by atoms with Crippen molar-refractivity contribution in [3.63, 3.8) is 0 Å². The van der Waals surface area contributed by atoms with Crippen molar-refractivity contribution < 1.29 is 9.59 Å². The highest BCUT2D eigenvalue weighted by atomic mass is 16.2. The van der Waals surface area contributed by atoms with E-state index < -0.39 is 0 Å². The van der Waals surface area contributed by atoms with E-state index in [1.165, 1.54) is 0 Å². The summed E-state index contributed by atoms with van der Waals surface area (Å²) >= 11 is 0. The summed E-state index contributed by atoms with van der Waals surface area (Å²) in [5.41, 5.74) is 0. The van der Waals surface area contributed by atoms with Crippen molar-refractivity contribution in [2.45, 2.75) is 51.1 Å². The van der Waals surface area contributed by atoms with Crippen LogP contribution in [0.2, 0.25) is 0 Å². The number of nitrogens with zero attached hydrogens (tertiary/aromatic N) is 4. The predicted molar refractivity (Wildman–Crippen MR) is 82.0 cm³/mol. The lowest BCUT2D eigenvalue weighted by Gasteiger charge is -2.28. The first-order chi connectivity index (χ1) is 10.7. The minimum Gasteiger partial charge on any atom is -0.336 e. The van der Waals surface area contributed by atoms with Gasteiger partial charge in [-0.25, -0.2) is 0 Å². The van der Waals surface area contributed by atoms with Gasteiger partial charge in [0.2, 0.25) is 11.8 Å². The zero-order chi connectivity index (χ0) is 15.4. The van der Waals surface area contributed by atoms with Crippen LogP contribution in [0.1, 0.15) is 38.5 Å². The van der Waals surface area contributed by atoms with Gasteiger partial charge in [0.1, 0.15) is 0 Å². The molecule has 3 heterocycles. The van der Waals surface area contributed by atoms with E-state index in [-0.39, 0.29) is 24.4 Å². The van der Waals surface area contributed by atoms with Crippen LogP contribution in [-0.4, -0.2) is 57.1 Å². The molecule has 0 radical (unpaired) electrons. The number of likely N-dealkylation sites (tertiary alicyclic amines) is 2. The van der Waals surface area contributed by atoms with Gasteiger partial charge in [0.05, 0.1) is 19.1 Å². The Morgan fingerprint density at radius 1 is 1.23 bits per heavy atom. The SMILES string of the molecule is O=C1CCCCCN1CC(=O)N1CCCC1Cn1cccn1. The van der Waals surface area contributed by atoms with Crippen LogP contribution in [0.4, 0.5) is 0 Å². The molecule has 3 rings (SSSR count). The fourth-order valence-electron chi connectivity index (χ4n) is 3.44. The molecule has 0 aromatic carbocycles. The zero-order valence-electron chi connectivity index (χ0n) is 13.0. The number of hydrogen-bond donors (Lipinski definition) is 0. The Morgan fingerprint density at radius 2 is 2.14 bits per heavy atom. The van der Waals surface area contributed by atoms with Gasteiger partial charge in [0, 0.05) is 31.9 Å². The fraction of sp³-hybridized carbons (Fsp3) is 0.688. The molecule has 2 amide bonds. The molecule has 0 aliphatic carbocycles. The molecule has 2 saturated heterocycles. The van der Waals surface area contributed by atoms with Crippen LogP contribution in [0.25, 0.3) is 0 Å². The second kappa shape index (κ2) is 6.94. The Balaban J connectivity index is 1.59. The molecule has 2 aliphatic heterocycles.